The number of carboxylic acid groups (broad SMARTS) is 1. The van der Waals surface area contributed by atoms with E-state index in [9.17, 15) is 19.1 Å². The minimum atomic E-state index is -1.14. The van der Waals surface area contributed by atoms with Crippen LogP contribution in [-0.4, -0.2) is 52.3 Å². The highest BCUT2D eigenvalue weighted by molar-refractivity contribution is 5.97. The lowest BCUT2D eigenvalue weighted by Crippen LogP contribution is -2.52. The summed E-state index contributed by atoms with van der Waals surface area (Å²) < 4.78 is 21.0. The van der Waals surface area contributed by atoms with E-state index in [0.29, 0.717) is 5.69 Å². The van der Waals surface area contributed by atoms with Crippen LogP contribution in [0, 0.1) is 5.82 Å². The largest absolute Gasteiger partial charge is 0.480 e. The quantitative estimate of drug-likeness (QED) is 0.932. The summed E-state index contributed by atoms with van der Waals surface area (Å²) in [5.41, 5.74) is 0.440. The molecule has 7 heteroatoms. The number of morpholine rings is 1. The van der Waals surface area contributed by atoms with Gasteiger partial charge in [0.25, 0.3) is 5.91 Å². The van der Waals surface area contributed by atoms with Crippen molar-refractivity contribution >= 4 is 11.9 Å². The van der Waals surface area contributed by atoms with Crippen LogP contribution in [0.25, 0.3) is 5.69 Å². The second-order valence-electron chi connectivity index (χ2n) is 5.18. The molecule has 1 fully saturated rings. The maximum Gasteiger partial charge on any atom is 0.328 e. The number of hydrogen-bond acceptors (Lipinski definition) is 3. The van der Waals surface area contributed by atoms with Crippen molar-refractivity contribution in [2.45, 2.75) is 6.04 Å². The SMILES string of the molecule is O=C(O)[C@@H]1COCCN1C(=O)c1ccc(-n2cccc2)c(F)c1. The Hall–Kier alpha value is -2.67. The van der Waals surface area contributed by atoms with Crippen LogP contribution >= 0.6 is 0 Å². The van der Waals surface area contributed by atoms with Crippen LogP contribution in [-0.2, 0) is 9.53 Å². The van der Waals surface area contributed by atoms with E-state index in [2.05, 4.69) is 0 Å². The van der Waals surface area contributed by atoms with Crippen LogP contribution in [0.2, 0.25) is 0 Å². The van der Waals surface area contributed by atoms with Gasteiger partial charge in [0, 0.05) is 24.5 Å². The van der Waals surface area contributed by atoms with Crippen molar-refractivity contribution in [3.8, 4) is 5.69 Å². The second-order valence-corrected chi connectivity index (χ2v) is 5.18. The number of rotatable bonds is 3. The third-order valence-electron chi connectivity index (χ3n) is 3.75. The van der Waals surface area contributed by atoms with E-state index in [0.717, 1.165) is 6.07 Å². The first-order valence-electron chi connectivity index (χ1n) is 7.12. The summed E-state index contributed by atoms with van der Waals surface area (Å²) in [6.45, 7) is 0.362. The average Bonchev–Trinajstić information content (AvgIpc) is 3.08. The lowest BCUT2D eigenvalue weighted by atomic mass is 10.1. The minimum Gasteiger partial charge on any atom is -0.480 e. The molecule has 2 aromatic rings. The van der Waals surface area contributed by atoms with Crippen molar-refractivity contribution in [3.05, 3.63) is 54.1 Å². The molecule has 2 heterocycles. The van der Waals surface area contributed by atoms with Crippen LogP contribution in [0.4, 0.5) is 4.39 Å². The summed E-state index contributed by atoms with van der Waals surface area (Å²) in [5, 5.41) is 9.18. The first kappa shape index (κ1) is 15.2. The van der Waals surface area contributed by atoms with Gasteiger partial charge in [-0.05, 0) is 30.3 Å². The third-order valence-corrected chi connectivity index (χ3v) is 3.75. The van der Waals surface area contributed by atoms with E-state index >= 15 is 0 Å². The standard InChI is InChI=1S/C16H15FN2O4/c17-12-9-11(3-4-13(12)18-5-1-2-6-18)15(20)19-7-8-23-10-14(19)16(21)22/h1-6,9,14H,7-8,10H2,(H,21,22)/t14-/m0/s1. The first-order valence-corrected chi connectivity index (χ1v) is 7.12. The zero-order valence-electron chi connectivity index (χ0n) is 12.2. The normalized spacial score (nSPS) is 18.0. The topological polar surface area (TPSA) is 71.8 Å². The molecule has 6 nitrogen and oxygen atoms in total. The van der Waals surface area contributed by atoms with Gasteiger partial charge in [-0.25, -0.2) is 9.18 Å². The lowest BCUT2D eigenvalue weighted by molar-refractivity contribution is -0.147. The zero-order valence-corrected chi connectivity index (χ0v) is 12.2. The molecule has 1 aromatic carbocycles. The van der Waals surface area contributed by atoms with Gasteiger partial charge in [-0.3, -0.25) is 4.79 Å². The molecule has 1 aliphatic rings. The summed E-state index contributed by atoms with van der Waals surface area (Å²) >= 11 is 0. The molecule has 0 radical (unpaired) electrons. The highest BCUT2D eigenvalue weighted by atomic mass is 19.1. The molecule has 0 saturated carbocycles. The fraction of sp³-hybridized carbons (Fsp3) is 0.250. The van der Waals surface area contributed by atoms with Crippen LogP contribution in [0.3, 0.4) is 0 Å². The molecule has 23 heavy (non-hydrogen) atoms. The Morgan fingerprint density at radius 3 is 2.65 bits per heavy atom. The number of amides is 1. The molecule has 3 rings (SSSR count). The molecule has 120 valence electrons. The number of ether oxygens (including phenoxy) is 1. The fourth-order valence-electron chi connectivity index (χ4n) is 2.56. The van der Waals surface area contributed by atoms with Gasteiger partial charge in [0.2, 0.25) is 0 Å². The van der Waals surface area contributed by atoms with Crippen LogP contribution in [0.15, 0.2) is 42.7 Å². The Labute approximate surface area is 131 Å². The number of carbonyl (C=O) groups excluding carboxylic acids is 1. The van der Waals surface area contributed by atoms with Gasteiger partial charge in [-0.2, -0.15) is 0 Å². The predicted octanol–water partition coefficient (Wildman–Crippen LogP) is 1.54. The Morgan fingerprint density at radius 2 is 2.00 bits per heavy atom. The number of benzene rings is 1. The lowest BCUT2D eigenvalue weighted by Gasteiger charge is -2.32. The molecule has 0 bridgehead atoms. The van der Waals surface area contributed by atoms with Crippen molar-refractivity contribution in [1.82, 2.24) is 9.47 Å². The van der Waals surface area contributed by atoms with Crippen molar-refractivity contribution in [1.29, 1.82) is 0 Å². The summed E-state index contributed by atoms with van der Waals surface area (Å²) in [6, 6.07) is 6.61. The van der Waals surface area contributed by atoms with Crippen molar-refractivity contribution in [2.24, 2.45) is 0 Å². The second kappa shape index (κ2) is 6.21. The Balaban J connectivity index is 1.87. The highest BCUT2D eigenvalue weighted by Gasteiger charge is 2.33. The van der Waals surface area contributed by atoms with Crippen LogP contribution < -0.4 is 0 Å². The van der Waals surface area contributed by atoms with Crippen LogP contribution in [0.1, 0.15) is 10.4 Å². The molecular formula is C16H15FN2O4. The number of hydrogen-bond donors (Lipinski definition) is 1. The Morgan fingerprint density at radius 1 is 1.26 bits per heavy atom. The molecule has 0 spiro atoms. The summed E-state index contributed by atoms with van der Waals surface area (Å²) in [5.74, 6) is -2.20. The zero-order chi connectivity index (χ0) is 16.4. The maximum absolute atomic E-state index is 14.3. The Kier molecular flexibility index (Phi) is 4.12. The number of carbonyl (C=O) groups is 2. The summed E-state index contributed by atoms with van der Waals surface area (Å²) in [4.78, 5) is 24.9. The van der Waals surface area contributed by atoms with E-state index in [-0.39, 0.29) is 25.3 Å². The predicted molar refractivity (Wildman–Crippen MR) is 79.0 cm³/mol. The monoisotopic (exact) mass is 318 g/mol. The molecule has 1 saturated heterocycles. The van der Waals surface area contributed by atoms with Gasteiger partial charge in [0.15, 0.2) is 6.04 Å². The molecular weight excluding hydrogens is 303 g/mol. The molecule has 0 unspecified atom stereocenters. The minimum absolute atomic E-state index is 0.0645. The summed E-state index contributed by atoms with van der Waals surface area (Å²) in [6.07, 6.45) is 3.39. The van der Waals surface area contributed by atoms with E-state index in [1.807, 2.05) is 0 Å². The molecule has 1 atom stereocenters. The van der Waals surface area contributed by atoms with Gasteiger partial charge in [0.05, 0.1) is 18.9 Å². The smallest absolute Gasteiger partial charge is 0.328 e. The van der Waals surface area contributed by atoms with Gasteiger partial charge in [-0.15, -0.1) is 0 Å². The fourth-order valence-corrected chi connectivity index (χ4v) is 2.56. The number of aromatic nitrogens is 1. The van der Waals surface area contributed by atoms with Crippen molar-refractivity contribution in [2.75, 3.05) is 19.8 Å². The molecule has 1 aromatic heterocycles. The Bertz CT molecular complexity index is 730. The number of halogens is 1. The molecule has 1 N–H and O–H groups in total. The molecule has 1 amide bonds. The molecule has 1 aliphatic heterocycles. The number of carboxylic acids is 1. The van der Waals surface area contributed by atoms with E-state index in [1.165, 1.54) is 17.0 Å². The number of nitrogens with zero attached hydrogens (tertiary/aromatic N) is 2. The van der Waals surface area contributed by atoms with Gasteiger partial charge >= 0.3 is 5.97 Å². The third kappa shape index (κ3) is 2.95. The van der Waals surface area contributed by atoms with Gasteiger partial charge in [0.1, 0.15) is 5.82 Å². The van der Waals surface area contributed by atoms with Crippen molar-refractivity contribution in [3.63, 3.8) is 0 Å². The van der Waals surface area contributed by atoms with E-state index < -0.39 is 23.7 Å². The average molecular weight is 318 g/mol. The van der Waals surface area contributed by atoms with Gasteiger partial charge in [-0.1, -0.05) is 0 Å². The van der Waals surface area contributed by atoms with Crippen molar-refractivity contribution < 1.29 is 23.8 Å². The highest BCUT2D eigenvalue weighted by Crippen LogP contribution is 2.18. The van der Waals surface area contributed by atoms with Crippen LogP contribution in [0.5, 0.6) is 0 Å². The summed E-state index contributed by atoms with van der Waals surface area (Å²) in [7, 11) is 0. The van der Waals surface area contributed by atoms with E-state index in [1.54, 1.807) is 29.1 Å². The molecule has 0 aliphatic carbocycles. The van der Waals surface area contributed by atoms with Gasteiger partial charge < -0.3 is 19.3 Å². The first-order chi connectivity index (χ1) is 11.1. The maximum atomic E-state index is 14.3. The number of aliphatic carboxylic acids is 1. The van der Waals surface area contributed by atoms with E-state index in [4.69, 9.17) is 4.74 Å².